The maximum absolute atomic E-state index is 13.8. The number of nitrogens with one attached hydrogen (secondary N) is 2. The molecule has 2 N–H and O–H groups in total. The van der Waals surface area contributed by atoms with Gasteiger partial charge in [0.15, 0.2) is 0 Å². The van der Waals surface area contributed by atoms with Crippen molar-refractivity contribution < 1.29 is 18.0 Å². The Balaban J connectivity index is 1.36. The number of hydrogen-bond acceptors (Lipinski definition) is 6. The zero-order valence-electron chi connectivity index (χ0n) is 20.6. The van der Waals surface area contributed by atoms with Gasteiger partial charge in [-0.1, -0.05) is 6.07 Å². The average molecular weight is 519 g/mol. The molecule has 1 aliphatic heterocycles. The molecule has 0 unspecified atom stereocenters. The van der Waals surface area contributed by atoms with Crippen LogP contribution in [-0.2, 0) is 6.18 Å². The zero-order chi connectivity index (χ0) is 26.7. The van der Waals surface area contributed by atoms with Gasteiger partial charge >= 0.3 is 6.18 Å². The normalized spacial score (nSPS) is 13.4. The van der Waals surface area contributed by atoms with Gasteiger partial charge in [0.2, 0.25) is 5.95 Å². The fourth-order valence-electron chi connectivity index (χ4n) is 4.39. The van der Waals surface area contributed by atoms with Crippen LogP contribution >= 0.6 is 0 Å². The average Bonchev–Trinajstić information content (AvgIpc) is 3.45. The second kappa shape index (κ2) is 10.5. The third kappa shape index (κ3) is 5.59. The van der Waals surface area contributed by atoms with Gasteiger partial charge in [0, 0.05) is 59.9 Å². The van der Waals surface area contributed by atoms with Crippen molar-refractivity contribution in [3.63, 3.8) is 0 Å². The lowest BCUT2D eigenvalue weighted by atomic mass is 10.1. The summed E-state index contributed by atoms with van der Waals surface area (Å²) < 4.78 is 41.5. The number of aryl methyl sites for hydroxylation is 1. The first-order chi connectivity index (χ1) is 18.3. The summed E-state index contributed by atoms with van der Waals surface area (Å²) in [7, 11) is 0. The van der Waals surface area contributed by atoms with E-state index < -0.39 is 17.6 Å². The quantitative estimate of drug-likeness (QED) is 0.305. The van der Waals surface area contributed by atoms with Crippen LogP contribution in [0, 0.1) is 6.92 Å². The summed E-state index contributed by atoms with van der Waals surface area (Å²) in [6.07, 6.45) is 2.14. The van der Waals surface area contributed by atoms with E-state index in [1.165, 1.54) is 12.1 Å². The van der Waals surface area contributed by atoms with Gasteiger partial charge in [-0.3, -0.25) is 9.78 Å². The minimum Gasteiger partial charge on any atom is -0.371 e. The maximum Gasteiger partial charge on any atom is 0.418 e. The first kappa shape index (κ1) is 25.2. The molecule has 7 nitrogen and oxygen atoms in total. The minimum absolute atomic E-state index is 0.0668. The lowest BCUT2D eigenvalue weighted by Crippen LogP contribution is -2.23. The predicted molar refractivity (Wildman–Crippen MR) is 141 cm³/mol. The Bertz CT molecular complexity index is 1450. The van der Waals surface area contributed by atoms with Gasteiger partial charge in [-0.05, 0) is 73.9 Å². The van der Waals surface area contributed by atoms with Crippen LogP contribution in [0.3, 0.4) is 0 Å². The Labute approximate surface area is 217 Å². The molecular weight excluding hydrogens is 493 g/mol. The van der Waals surface area contributed by atoms with Gasteiger partial charge in [-0.15, -0.1) is 0 Å². The van der Waals surface area contributed by atoms with Crippen molar-refractivity contribution in [2.75, 3.05) is 28.6 Å². The number of halogens is 3. The number of benzene rings is 2. The molecule has 38 heavy (non-hydrogen) atoms. The lowest BCUT2D eigenvalue weighted by Gasteiger charge is -2.23. The van der Waals surface area contributed by atoms with Crippen LogP contribution in [-0.4, -0.2) is 33.9 Å². The highest BCUT2D eigenvalue weighted by molar-refractivity contribution is 6.05. The van der Waals surface area contributed by atoms with Gasteiger partial charge in [0.25, 0.3) is 5.91 Å². The summed E-state index contributed by atoms with van der Waals surface area (Å²) in [5, 5.41) is 5.86. The number of carbonyl (C=O) groups excluding carboxylic acids is 1. The summed E-state index contributed by atoms with van der Waals surface area (Å²) in [5.74, 6) is -0.279. The molecule has 3 heterocycles. The number of aromatic nitrogens is 3. The molecule has 0 atom stereocenters. The molecule has 194 valence electrons. The molecule has 0 radical (unpaired) electrons. The molecule has 1 aliphatic rings. The Kier molecular flexibility index (Phi) is 6.95. The first-order valence-corrected chi connectivity index (χ1v) is 12.2. The zero-order valence-corrected chi connectivity index (χ0v) is 20.6. The molecule has 1 amide bonds. The molecule has 1 fully saturated rings. The topological polar surface area (TPSA) is 83.0 Å². The van der Waals surface area contributed by atoms with Crippen LogP contribution in [0.2, 0.25) is 0 Å². The van der Waals surface area contributed by atoms with E-state index in [0.717, 1.165) is 30.0 Å². The Hall–Kier alpha value is -4.47. The van der Waals surface area contributed by atoms with Crippen LogP contribution in [0.4, 0.5) is 36.2 Å². The van der Waals surface area contributed by atoms with E-state index in [0.29, 0.717) is 36.1 Å². The van der Waals surface area contributed by atoms with Gasteiger partial charge in [0.05, 0.1) is 11.3 Å². The summed E-state index contributed by atoms with van der Waals surface area (Å²) >= 11 is 0. The summed E-state index contributed by atoms with van der Waals surface area (Å²) in [5.41, 5.74) is 2.71. The van der Waals surface area contributed by atoms with Crippen molar-refractivity contribution in [1.82, 2.24) is 15.0 Å². The monoisotopic (exact) mass is 518 g/mol. The molecular formula is C28H25F3N6O. The Morgan fingerprint density at radius 3 is 2.55 bits per heavy atom. The second-order valence-electron chi connectivity index (χ2n) is 9.04. The second-order valence-corrected chi connectivity index (χ2v) is 9.04. The molecule has 0 aliphatic carbocycles. The molecule has 1 saturated heterocycles. The highest BCUT2D eigenvalue weighted by Crippen LogP contribution is 2.38. The number of rotatable bonds is 6. The molecule has 4 aromatic rings. The number of nitrogens with zero attached hydrogens (tertiary/aromatic N) is 4. The first-order valence-electron chi connectivity index (χ1n) is 12.2. The number of pyridine rings is 1. The third-order valence-electron chi connectivity index (χ3n) is 6.37. The molecule has 2 aromatic carbocycles. The highest BCUT2D eigenvalue weighted by atomic mass is 19.4. The molecule has 5 rings (SSSR count). The molecule has 0 bridgehead atoms. The van der Waals surface area contributed by atoms with Gasteiger partial charge in [0.1, 0.15) is 0 Å². The maximum atomic E-state index is 13.8. The van der Waals surface area contributed by atoms with Crippen LogP contribution in [0.1, 0.15) is 34.3 Å². The molecule has 10 heteroatoms. The number of hydrogen-bond donors (Lipinski definition) is 2. The van der Waals surface area contributed by atoms with Gasteiger partial charge < -0.3 is 15.5 Å². The number of alkyl halides is 3. The van der Waals surface area contributed by atoms with Crippen molar-refractivity contribution in [2.45, 2.75) is 25.9 Å². The van der Waals surface area contributed by atoms with Crippen LogP contribution < -0.4 is 15.5 Å². The number of carbonyl (C=O) groups is 1. The molecule has 0 saturated carbocycles. The van der Waals surface area contributed by atoms with Crippen molar-refractivity contribution >= 4 is 28.9 Å². The van der Waals surface area contributed by atoms with Crippen molar-refractivity contribution in [2.24, 2.45) is 0 Å². The fourth-order valence-corrected chi connectivity index (χ4v) is 4.39. The van der Waals surface area contributed by atoms with Crippen LogP contribution in [0.5, 0.6) is 0 Å². The fraction of sp³-hybridized carbons (Fsp3) is 0.214. The van der Waals surface area contributed by atoms with Crippen LogP contribution in [0.25, 0.3) is 11.3 Å². The Morgan fingerprint density at radius 2 is 1.82 bits per heavy atom. The van der Waals surface area contributed by atoms with Crippen molar-refractivity contribution in [3.05, 3.63) is 89.9 Å². The summed E-state index contributed by atoms with van der Waals surface area (Å²) in [4.78, 5) is 27.6. The smallest absolute Gasteiger partial charge is 0.371 e. The summed E-state index contributed by atoms with van der Waals surface area (Å²) in [6, 6.07) is 14.4. The van der Waals surface area contributed by atoms with Crippen molar-refractivity contribution in [1.29, 1.82) is 0 Å². The number of anilines is 4. The van der Waals surface area contributed by atoms with Gasteiger partial charge in [-0.25, -0.2) is 9.97 Å². The Morgan fingerprint density at radius 1 is 1.00 bits per heavy atom. The predicted octanol–water partition coefficient (Wildman–Crippen LogP) is 6.46. The number of amides is 1. The van der Waals surface area contributed by atoms with E-state index in [2.05, 4.69) is 25.6 Å². The van der Waals surface area contributed by atoms with E-state index in [1.807, 2.05) is 19.1 Å². The van der Waals surface area contributed by atoms with E-state index in [1.54, 1.807) is 47.8 Å². The van der Waals surface area contributed by atoms with Gasteiger partial charge in [-0.2, -0.15) is 13.2 Å². The third-order valence-corrected chi connectivity index (χ3v) is 6.37. The largest absolute Gasteiger partial charge is 0.418 e. The highest BCUT2D eigenvalue weighted by Gasteiger charge is 2.36. The standard InChI is InChI=1S/C28H25F3N6O/c1-18-6-8-21(16-24(18)36-27-33-12-10-23(35-27)20-5-4-11-32-17-20)34-26(38)19-7-9-25(37-13-2-3-14-37)22(15-19)28(29,30)31/h4-12,15-17H,2-3,13-14H2,1H3,(H,34,38)(H,33,35,36). The van der Waals surface area contributed by atoms with Crippen LogP contribution in [0.15, 0.2) is 73.2 Å². The minimum atomic E-state index is -4.57. The van der Waals surface area contributed by atoms with E-state index >= 15 is 0 Å². The lowest BCUT2D eigenvalue weighted by molar-refractivity contribution is -0.137. The molecule has 0 spiro atoms. The SMILES string of the molecule is Cc1ccc(NC(=O)c2ccc(N3CCCC3)c(C(F)(F)F)c2)cc1Nc1nccc(-c2cccnc2)n1. The van der Waals surface area contributed by atoms with E-state index in [9.17, 15) is 18.0 Å². The van der Waals surface area contributed by atoms with E-state index in [4.69, 9.17) is 0 Å². The summed E-state index contributed by atoms with van der Waals surface area (Å²) in [6.45, 7) is 3.02. The van der Waals surface area contributed by atoms with E-state index in [-0.39, 0.29) is 11.3 Å². The van der Waals surface area contributed by atoms with Crippen molar-refractivity contribution in [3.8, 4) is 11.3 Å². The molecule has 2 aromatic heterocycles.